The lowest BCUT2D eigenvalue weighted by atomic mass is 10.2. The molecule has 1 N–H and O–H groups in total. The molecule has 0 saturated heterocycles. The number of pyridine rings is 2. The Balaban J connectivity index is 1.71. The Morgan fingerprint density at radius 3 is 2.54 bits per heavy atom. The van der Waals surface area contributed by atoms with Crippen molar-refractivity contribution in [2.75, 3.05) is 5.32 Å². The van der Waals surface area contributed by atoms with Crippen LogP contribution in [0.25, 0.3) is 16.9 Å². The van der Waals surface area contributed by atoms with E-state index < -0.39 is 0 Å². The predicted octanol–water partition coefficient (Wildman–Crippen LogP) is 2.78. The van der Waals surface area contributed by atoms with E-state index >= 15 is 0 Å². The van der Waals surface area contributed by atoms with Gasteiger partial charge in [-0.25, -0.2) is 15.0 Å². The highest BCUT2D eigenvalue weighted by molar-refractivity contribution is 5.87. The quantitative estimate of drug-likeness (QED) is 0.623. The lowest BCUT2D eigenvalue weighted by Gasteiger charge is -2.14. The molecule has 0 radical (unpaired) electrons. The van der Waals surface area contributed by atoms with Gasteiger partial charge in [0.15, 0.2) is 11.5 Å². The lowest BCUT2D eigenvalue weighted by molar-refractivity contribution is 0.832. The molecule has 4 heterocycles. The summed E-state index contributed by atoms with van der Waals surface area (Å²) in [4.78, 5) is 17.4. The Kier molecular flexibility index (Phi) is 3.59. The minimum Gasteiger partial charge on any atom is -0.361 e. The maximum atomic E-state index is 4.40. The molecule has 0 aromatic carbocycles. The highest BCUT2D eigenvalue weighted by Gasteiger charge is 2.14. The second-order valence-corrected chi connectivity index (χ2v) is 5.32. The van der Waals surface area contributed by atoms with Crippen molar-refractivity contribution in [3.63, 3.8) is 0 Å². The van der Waals surface area contributed by atoms with E-state index in [1.54, 1.807) is 23.3 Å². The summed E-state index contributed by atoms with van der Waals surface area (Å²) in [6, 6.07) is 11.5. The molecule has 0 aliphatic carbocycles. The number of fused-ring (bicyclic) bond motifs is 1. The molecule has 4 rings (SSSR count). The van der Waals surface area contributed by atoms with Gasteiger partial charge in [-0.1, -0.05) is 12.1 Å². The smallest absolute Gasteiger partial charge is 0.170 e. The number of anilines is 1. The Hall–Kier alpha value is -3.35. The van der Waals surface area contributed by atoms with Crippen LogP contribution in [0.2, 0.25) is 0 Å². The Bertz CT molecular complexity index is 951. The van der Waals surface area contributed by atoms with E-state index in [4.69, 9.17) is 0 Å². The molecule has 24 heavy (non-hydrogen) atoms. The molecule has 0 saturated carbocycles. The monoisotopic (exact) mass is 317 g/mol. The topological polar surface area (TPSA) is 81.4 Å². The van der Waals surface area contributed by atoms with Crippen LogP contribution in [0.3, 0.4) is 0 Å². The second-order valence-electron chi connectivity index (χ2n) is 5.32. The van der Waals surface area contributed by atoms with Crippen molar-refractivity contribution in [1.29, 1.82) is 0 Å². The molecule has 1 atom stereocenters. The first-order valence-corrected chi connectivity index (χ1v) is 7.60. The molecular weight excluding hydrogens is 302 g/mol. The molecule has 0 bridgehead atoms. The number of rotatable bonds is 4. The first kappa shape index (κ1) is 14.3. The fraction of sp³-hybridized carbons (Fsp3) is 0.118. The Morgan fingerprint density at radius 2 is 1.79 bits per heavy atom. The van der Waals surface area contributed by atoms with Crippen LogP contribution >= 0.6 is 0 Å². The minimum atomic E-state index is 0.0162. The zero-order valence-electron chi connectivity index (χ0n) is 13.0. The Morgan fingerprint density at radius 1 is 0.958 bits per heavy atom. The van der Waals surface area contributed by atoms with Crippen LogP contribution in [0.1, 0.15) is 18.7 Å². The predicted molar refractivity (Wildman–Crippen MR) is 90.7 cm³/mol. The van der Waals surface area contributed by atoms with E-state index in [1.807, 2.05) is 43.3 Å². The fourth-order valence-corrected chi connectivity index (χ4v) is 2.52. The van der Waals surface area contributed by atoms with E-state index in [0.717, 1.165) is 22.7 Å². The molecule has 0 amide bonds. The molecule has 7 nitrogen and oxygen atoms in total. The van der Waals surface area contributed by atoms with Crippen molar-refractivity contribution in [3.05, 3.63) is 67.0 Å². The van der Waals surface area contributed by atoms with Crippen molar-refractivity contribution in [2.24, 2.45) is 0 Å². The third kappa shape index (κ3) is 2.56. The number of nitrogens with one attached hydrogen (secondary N) is 1. The van der Waals surface area contributed by atoms with Crippen molar-refractivity contribution in [3.8, 4) is 5.82 Å². The molecule has 118 valence electrons. The lowest BCUT2D eigenvalue weighted by Crippen LogP contribution is -2.10. The largest absolute Gasteiger partial charge is 0.361 e. The molecule has 0 aliphatic heterocycles. The van der Waals surface area contributed by atoms with Gasteiger partial charge in [0.05, 0.1) is 23.3 Å². The molecule has 4 aromatic rings. The van der Waals surface area contributed by atoms with E-state index in [1.165, 1.54) is 6.33 Å². The molecule has 0 fully saturated rings. The first-order chi connectivity index (χ1) is 11.8. The summed E-state index contributed by atoms with van der Waals surface area (Å²) in [5.41, 5.74) is 1.65. The van der Waals surface area contributed by atoms with Crippen LogP contribution in [-0.4, -0.2) is 29.7 Å². The van der Waals surface area contributed by atoms with Crippen molar-refractivity contribution in [1.82, 2.24) is 29.7 Å². The summed E-state index contributed by atoms with van der Waals surface area (Å²) in [5.74, 6) is 1.44. The van der Waals surface area contributed by atoms with Crippen molar-refractivity contribution < 1.29 is 0 Å². The molecule has 0 aliphatic rings. The fourth-order valence-electron chi connectivity index (χ4n) is 2.52. The maximum absolute atomic E-state index is 4.40. The number of nitrogens with zero attached hydrogens (tertiary/aromatic N) is 6. The number of aromatic nitrogens is 6. The maximum Gasteiger partial charge on any atom is 0.170 e. The number of hydrogen-bond donors (Lipinski definition) is 1. The van der Waals surface area contributed by atoms with Gasteiger partial charge in [0.25, 0.3) is 0 Å². The standard InChI is InChI=1S/C17H15N7/c1-12(14-6-2-4-8-18-14)23-16-13-10-22-24(17(13)21-11-20-16)15-7-3-5-9-19-15/h2-12H,1H3,(H,20,21,23). The average Bonchev–Trinajstić information content (AvgIpc) is 3.08. The van der Waals surface area contributed by atoms with Gasteiger partial charge in [0.1, 0.15) is 12.1 Å². The second kappa shape index (κ2) is 6.04. The average molecular weight is 317 g/mol. The highest BCUT2D eigenvalue weighted by atomic mass is 15.3. The molecular formula is C17H15N7. The summed E-state index contributed by atoms with van der Waals surface area (Å²) in [6.45, 7) is 2.04. The molecule has 1 unspecified atom stereocenters. The van der Waals surface area contributed by atoms with Crippen LogP contribution in [0.4, 0.5) is 5.82 Å². The summed E-state index contributed by atoms with van der Waals surface area (Å²) in [5, 5.41) is 8.62. The van der Waals surface area contributed by atoms with Gasteiger partial charge in [0.2, 0.25) is 0 Å². The van der Waals surface area contributed by atoms with E-state index in [-0.39, 0.29) is 6.04 Å². The minimum absolute atomic E-state index is 0.0162. The van der Waals surface area contributed by atoms with Crippen LogP contribution in [-0.2, 0) is 0 Å². The zero-order chi connectivity index (χ0) is 16.4. The SMILES string of the molecule is CC(Nc1ncnc2c1cnn2-c1ccccn1)c1ccccn1. The van der Waals surface area contributed by atoms with Crippen molar-refractivity contribution in [2.45, 2.75) is 13.0 Å². The molecule has 7 heteroatoms. The summed E-state index contributed by atoms with van der Waals surface area (Å²) in [7, 11) is 0. The van der Waals surface area contributed by atoms with Crippen LogP contribution in [0.5, 0.6) is 0 Å². The third-order valence-electron chi connectivity index (χ3n) is 3.72. The van der Waals surface area contributed by atoms with Gasteiger partial charge in [0, 0.05) is 12.4 Å². The van der Waals surface area contributed by atoms with Gasteiger partial charge < -0.3 is 5.32 Å². The normalized spacial score (nSPS) is 12.2. The zero-order valence-corrected chi connectivity index (χ0v) is 13.0. The van der Waals surface area contributed by atoms with Crippen LogP contribution in [0, 0.1) is 0 Å². The van der Waals surface area contributed by atoms with E-state index in [2.05, 4.69) is 30.4 Å². The third-order valence-corrected chi connectivity index (χ3v) is 3.72. The van der Waals surface area contributed by atoms with Gasteiger partial charge in [-0.15, -0.1) is 0 Å². The van der Waals surface area contributed by atoms with Gasteiger partial charge in [-0.2, -0.15) is 9.78 Å². The van der Waals surface area contributed by atoms with Crippen LogP contribution in [0.15, 0.2) is 61.3 Å². The van der Waals surface area contributed by atoms with E-state index in [9.17, 15) is 0 Å². The Labute approximate surface area is 138 Å². The van der Waals surface area contributed by atoms with E-state index in [0.29, 0.717) is 5.65 Å². The van der Waals surface area contributed by atoms with Crippen LogP contribution < -0.4 is 5.32 Å². The van der Waals surface area contributed by atoms with Gasteiger partial charge in [-0.3, -0.25) is 4.98 Å². The van der Waals surface area contributed by atoms with Gasteiger partial charge >= 0.3 is 0 Å². The van der Waals surface area contributed by atoms with Gasteiger partial charge in [-0.05, 0) is 31.2 Å². The molecule has 4 aromatic heterocycles. The van der Waals surface area contributed by atoms with Crippen molar-refractivity contribution >= 4 is 16.9 Å². The first-order valence-electron chi connectivity index (χ1n) is 7.60. The summed E-state index contributed by atoms with van der Waals surface area (Å²) >= 11 is 0. The summed E-state index contributed by atoms with van der Waals surface area (Å²) < 4.78 is 1.70. The molecule has 0 spiro atoms. The number of hydrogen-bond acceptors (Lipinski definition) is 6. The summed E-state index contributed by atoms with van der Waals surface area (Å²) in [6.07, 6.45) is 6.78. The highest BCUT2D eigenvalue weighted by Crippen LogP contribution is 2.24.